The number of ether oxygens (including phenoxy) is 2. The van der Waals surface area contributed by atoms with Gasteiger partial charge in [-0.25, -0.2) is 0 Å². The van der Waals surface area contributed by atoms with Gasteiger partial charge in [0.2, 0.25) is 0 Å². The van der Waals surface area contributed by atoms with E-state index < -0.39 is 12.0 Å². The van der Waals surface area contributed by atoms with Crippen molar-refractivity contribution in [1.29, 1.82) is 0 Å². The second kappa shape index (κ2) is 9.44. The number of carbonyl (C=O) groups excluding carboxylic acids is 1. The van der Waals surface area contributed by atoms with E-state index in [1.54, 1.807) is 43.5 Å². The molecule has 0 fully saturated rings. The Morgan fingerprint density at radius 2 is 1.72 bits per heavy atom. The maximum absolute atomic E-state index is 12.4. The molecule has 0 aliphatic rings. The van der Waals surface area contributed by atoms with Gasteiger partial charge in [-0.15, -0.1) is 0 Å². The Kier molecular flexibility index (Phi) is 6.98. The third kappa shape index (κ3) is 5.93. The van der Waals surface area contributed by atoms with Gasteiger partial charge in [-0.1, -0.05) is 30.3 Å². The van der Waals surface area contributed by atoms with Crippen LogP contribution in [0, 0.1) is 0 Å². The first kappa shape index (κ1) is 18.5. The van der Waals surface area contributed by atoms with E-state index in [2.05, 4.69) is 5.32 Å². The molecule has 0 saturated heterocycles. The number of methoxy groups -OCH3 is 1. The average molecular weight is 343 g/mol. The van der Waals surface area contributed by atoms with Gasteiger partial charge in [0.1, 0.15) is 12.4 Å². The molecule has 25 heavy (non-hydrogen) atoms. The molecular weight excluding hydrogens is 322 g/mol. The van der Waals surface area contributed by atoms with E-state index in [1.807, 2.05) is 18.2 Å². The van der Waals surface area contributed by atoms with Crippen molar-refractivity contribution in [3.63, 3.8) is 0 Å². The highest BCUT2D eigenvalue weighted by Gasteiger charge is 2.18. The lowest BCUT2D eigenvalue weighted by molar-refractivity contribution is -0.137. The number of hydrogen-bond donors (Lipinski definition) is 2. The second-order valence-electron chi connectivity index (χ2n) is 5.40. The summed E-state index contributed by atoms with van der Waals surface area (Å²) in [5, 5.41) is 11.9. The Hall–Kier alpha value is -2.86. The smallest absolute Gasteiger partial charge is 0.305 e. The summed E-state index contributed by atoms with van der Waals surface area (Å²) in [7, 11) is 1.59. The van der Waals surface area contributed by atoms with Crippen molar-refractivity contribution in [2.45, 2.75) is 12.5 Å². The maximum Gasteiger partial charge on any atom is 0.305 e. The van der Waals surface area contributed by atoms with Crippen LogP contribution < -0.4 is 10.1 Å². The normalized spacial score (nSPS) is 11.6. The fourth-order valence-corrected chi connectivity index (χ4v) is 2.30. The molecule has 0 aliphatic carbocycles. The van der Waals surface area contributed by atoms with E-state index in [4.69, 9.17) is 14.6 Å². The number of rotatable bonds is 9. The first-order valence-corrected chi connectivity index (χ1v) is 7.89. The second-order valence-corrected chi connectivity index (χ2v) is 5.40. The van der Waals surface area contributed by atoms with Crippen LogP contribution in [0.15, 0.2) is 54.6 Å². The van der Waals surface area contributed by atoms with Crippen molar-refractivity contribution in [2.24, 2.45) is 0 Å². The summed E-state index contributed by atoms with van der Waals surface area (Å²) in [5.74, 6) is -0.673. The summed E-state index contributed by atoms with van der Waals surface area (Å²) in [6, 6.07) is 15.1. The van der Waals surface area contributed by atoms with Crippen LogP contribution in [-0.2, 0) is 9.53 Å². The molecule has 1 unspecified atom stereocenters. The van der Waals surface area contributed by atoms with Gasteiger partial charge in [-0.2, -0.15) is 0 Å². The molecule has 0 aromatic heterocycles. The minimum absolute atomic E-state index is 0.187. The Morgan fingerprint density at radius 3 is 2.32 bits per heavy atom. The van der Waals surface area contributed by atoms with E-state index >= 15 is 0 Å². The average Bonchev–Trinajstić information content (AvgIpc) is 2.62. The molecule has 0 saturated carbocycles. The zero-order valence-corrected chi connectivity index (χ0v) is 14.0. The highest BCUT2D eigenvalue weighted by Crippen LogP contribution is 2.18. The zero-order valence-electron chi connectivity index (χ0n) is 14.0. The summed E-state index contributed by atoms with van der Waals surface area (Å²) in [5.41, 5.74) is 1.18. The number of nitrogens with one attached hydrogen (secondary N) is 1. The fraction of sp³-hybridized carbons (Fsp3) is 0.263. The lowest BCUT2D eigenvalue weighted by Gasteiger charge is -2.17. The first-order chi connectivity index (χ1) is 12.1. The summed E-state index contributed by atoms with van der Waals surface area (Å²) in [4.78, 5) is 23.5. The van der Waals surface area contributed by atoms with Crippen LogP contribution in [0.5, 0.6) is 5.75 Å². The van der Waals surface area contributed by atoms with E-state index in [-0.39, 0.29) is 12.3 Å². The summed E-state index contributed by atoms with van der Waals surface area (Å²) < 4.78 is 10.4. The summed E-state index contributed by atoms with van der Waals surface area (Å²) in [6.07, 6.45) is -0.187. The van der Waals surface area contributed by atoms with Crippen molar-refractivity contribution in [3.8, 4) is 5.75 Å². The van der Waals surface area contributed by atoms with Crippen LogP contribution in [0.25, 0.3) is 0 Å². The van der Waals surface area contributed by atoms with Gasteiger partial charge in [0, 0.05) is 12.7 Å². The summed E-state index contributed by atoms with van der Waals surface area (Å²) in [6.45, 7) is 0.910. The lowest BCUT2D eigenvalue weighted by Crippen LogP contribution is -2.30. The predicted octanol–water partition coefficient (Wildman–Crippen LogP) is 2.66. The molecule has 2 aromatic carbocycles. The van der Waals surface area contributed by atoms with Gasteiger partial charge < -0.3 is 19.9 Å². The molecule has 132 valence electrons. The van der Waals surface area contributed by atoms with E-state index in [0.717, 1.165) is 5.56 Å². The molecule has 1 amide bonds. The molecule has 2 N–H and O–H groups in total. The number of carbonyl (C=O) groups is 2. The van der Waals surface area contributed by atoms with E-state index in [1.165, 1.54) is 0 Å². The topological polar surface area (TPSA) is 84.9 Å². The largest absolute Gasteiger partial charge is 0.491 e. The molecule has 2 aromatic rings. The Labute approximate surface area is 146 Å². The van der Waals surface area contributed by atoms with Crippen LogP contribution >= 0.6 is 0 Å². The van der Waals surface area contributed by atoms with Gasteiger partial charge in [0.25, 0.3) is 5.91 Å². The molecular formula is C19H21NO5. The quantitative estimate of drug-likeness (QED) is 0.684. The fourth-order valence-electron chi connectivity index (χ4n) is 2.30. The highest BCUT2D eigenvalue weighted by atomic mass is 16.5. The van der Waals surface area contributed by atoms with Gasteiger partial charge in [0.15, 0.2) is 0 Å². The van der Waals surface area contributed by atoms with Crippen LogP contribution in [0.2, 0.25) is 0 Å². The van der Waals surface area contributed by atoms with Gasteiger partial charge in [-0.05, 0) is 29.8 Å². The predicted molar refractivity (Wildman–Crippen MR) is 92.7 cm³/mol. The zero-order chi connectivity index (χ0) is 18.1. The lowest BCUT2D eigenvalue weighted by atomic mass is 10.0. The Morgan fingerprint density at radius 1 is 1.04 bits per heavy atom. The molecule has 1 atom stereocenters. The standard InChI is InChI=1S/C19H21NO5/c1-24-11-12-25-16-9-7-15(8-10-16)19(23)20-17(13-18(21)22)14-5-3-2-4-6-14/h2-10,17H,11-13H2,1H3,(H,20,23)(H,21,22). The maximum atomic E-state index is 12.4. The van der Waals surface area contributed by atoms with Crippen LogP contribution in [0.4, 0.5) is 0 Å². The number of carboxylic acid groups (broad SMARTS) is 1. The molecule has 6 nitrogen and oxygen atoms in total. The minimum atomic E-state index is -0.976. The van der Waals surface area contributed by atoms with Crippen molar-refractivity contribution in [1.82, 2.24) is 5.32 Å². The molecule has 0 spiro atoms. The third-order valence-corrected chi connectivity index (χ3v) is 3.56. The van der Waals surface area contributed by atoms with Crippen molar-refractivity contribution < 1.29 is 24.2 Å². The molecule has 0 bridgehead atoms. The number of benzene rings is 2. The number of carboxylic acids is 1. The first-order valence-electron chi connectivity index (χ1n) is 7.89. The van der Waals surface area contributed by atoms with Crippen LogP contribution in [0.1, 0.15) is 28.4 Å². The number of amides is 1. The van der Waals surface area contributed by atoms with Crippen molar-refractivity contribution in [2.75, 3.05) is 20.3 Å². The molecule has 0 aliphatic heterocycles. The van der Waals surface area contributed by atoms with Gasteiger partial charge >= 0.3 is 5.97 Å². The Balaban J connectivity index is 2.03. The number of aliphatic carboxylic acids is 1. The van der Waals surface area contributed by atoms with E-state index in [0.29, 0.717) is 24.5 Å². The van der Waals surface area contributed by atoms with E-state index in [9.17, 15) is 9.59 Å². The highest BCUT2D eigenvalue weighted by molar-refractivity contribution is 5.94. The molecule has 6 heteroatoms. The van der Waals surface area contributed by atoms with Gasteiger partial charge in [0.05, 0.1) is 19.1 Å². The Bertz CT molecular complexity index is 685. The van der Waals surface area contributed by atoms with Crippen molar-refractivity contribution in [3.05, 3.63) is 65.7 Å². The number of hydrogen-bond acceptors (Lipinski definition) is 4. The molecule has 2 rings (SSSR count). The molecule has 0 radical (unpaired) electrons. The molecule has 0 heterocycles. The van der Waals surface area contributed by atoms with Gasteiger partial charge in [-0.3, -0.25) is 9.59 Å². The minimum Gasteiger partial charge on any atom is -0.491 e. The van der Waals surface area contributed by atoms with Crippen LogP contribution in [0.3, 0.4) is 0 Å². The SMILES string of the molecule is COCCOc1ccc(C(=O)NC(CC(=O)O)c2ccccc2)cc1. The third-order valence-electron chi connectivity index (χ3n) is 3.56. The van der Waals surface area contributed by atoms with Crippen LogP contribution in [-0.4, -0.2) is 37.3 Å². The van der Waals surface area contributed by atoms with Crippen molar-refractivity contribution >= 4 is 11.9 Å². The monoisotopic (exact) mass is 343 g/mol. The summed E-state index contributed by atoms with van der Waals surface area (Å²) >= 11 is 0.